The van der Waals surface area contributed by atoms with Crippen LogP contribution in [0.2, 0.25) is 5.02 Å². The maximum Gasteiger partial charge on any atom is 0.262 e. The van der Waals surface area contributed by atoms with Crippen LogP contribution in [-0.2, 0) is 4.79 Å². The summed E-state index contributed by atoms with van der Waals surface area (Å²) in [5.41, 5.74) is 0.437. The molecule has 6 nitrogen and oxygen atoms in total. The highest BCUT2D eigenvalue weighted by molar-refractivity contribution is 6.32. The summed E-state index contributed by atoms with van der Waals surface area (Å²) in [5, 5.41) is 3.06. The SMILES string of the molecule is COc1ccc(OCC(=O)Nc2cc(Cl)c(OC)cc2OC)cc1. The topological polar surface area (TPSA) is 66.0 Å². The molecule has 0 aliphatic rings. The average Bonchev–Trinajstić information content (AvgIpc) is 2.60. The van der Waals surface area contributed by atoms with Gasteiger partial charge in [0.2, 0.25) is 0 Å². The van der Waals surface area contributed by atoms with E-state index in [1.54, 1.807) is 43.5 Å². The first-order valence-corrected chi connectivity index (χ1v) is 7.43. The van der Waals surface area contributed by atoms with E-state index in [0.29, 0.717) is 33.7 Å². The number of hydrogen-bond donors (Lipinski definition) is 1. The lowest BCUT2D eigenvalue weighted by Crippen LogP contribution is -2.20. The number of ether oxygens (including phenoxy) is 4. The van der Waals surface area contributed by atoms with Crippen LogP contribution >= 0.6 is 11.6 Å². The lowest BCUT2D eigenvalue weighted by Gasteiger charge is -2.13. The molecular formula is C17H18ClNO5. The van der Waals surface area contributed by atoms with Gasteiger partial charge in [-0.2, -0.15) is 0 Å². The van der Waals surface area contributed by atoms with Crippen molar-refractivity contribution in [2.75, 3.05) is 33.3 Å². The van der Waals surface area contributed by atoms with E-state index in [0.717, 1.165) is 0 Å². The molecule has 0 aromatic heterocycles. The maximum absolute atomic E-state index is 12.1. The predicted molar refractivity (Wildman–Crippen MR) is 91.7 cm³/mol. The number of carbonyl (C=O) groups excluding carboxylic acids is 1. The lowest BCUT2D eigenvalue weighted by molar-refractivity contribution is -0.118. The van der Waals surface area contributed by atoms with E-state index in [9.17, 15) is 4.79 Å². The Kier molecular flexibility index (Phi) is 6.14. The summed E-state index contributed by atoms with van der Waals surface area (Å²) in [6, 6.07) is 10.1. The zero-order chi connectivity index (χ0) is 17.5. The van der Waals surface area contributed by atoms with Crippen LogP contribution in [0, 0.1) is 0 Å². The van der Waals surface area contributed by atoms with Gasteiger partial charge >= 0.3 is 0 Å². The monoisotopic (exact) mass is 351 g/mol. The van der Waals surface area contributed by atoms with Gasteiger partial charge in [0.05, 0.1) is 32.0 Å². The van der Waals surface area contributed by atoms with Gasteiger partial charge in [-0.15, -0.1) is 0 Å². The fraction of sp³-hybridized carbons (Fsp3) is 0.235. The number of rotatable bonds is 7. The van der Waals surface area contributed by atoms with Crippen LogP contribution in [0.3, 0.4) is 0 Å². The molecule has 0 aliphatic carbocycles. The van der Waals surface area contributed by atoms with Crippen molar-refractivity contribution >= 4 is 23.2 Å². The number of benzene rings is 2. The molecule has 1 amide bonds. The van der Waals surface area contributed by atoms with E-state index in [-0.39, 0.29) is 12.5 Å². The molecule has 24 heavy (non-hydrogen) atoms. The maximum atomic E-state index is 12.1. The summed E-state index contributed by atoms with van der Waals surface area (Å²) in [6.07, 6.45) is 0. The molecule has 128 valence electrons. The van der Waals surface area contributed by atoms with Gasteiger partial charge in [0.15, 0.2) is 6.61 Å². The Bertz CT molecular complexity index is 703. The molecule has 0 atom stereocenters. The van der Waals surface area contributed by atoms with E-state index < -0.39 is 0 Å². The molecule has 0 unspecified atom stereocenters. The Labute approximate surface area is 145 Å². The second kappa shape index (κ2) is 8.31. The molecule has 0 saturated carbocycles. The number of methoxy groups -OCH3 is 3. The van der Waals surface area contributed by atoms with E-state index in [1.807, 2.05) is 0 Å². The Hall–Kier alpha value is -2.60. The van der Waals surface area contributed by atoms with Crippen molar-refractivity contribution in [3.8, 4) is 23.0 Å². The Morgan fingerprint density at radius 2 is 1.58 bits per heavy atom. The first kappa shape index (κ1) is 17.7. The van der Waals surface area contributed by atoms with Crippen molar-refractivity contribution in [1.82, 2.24) is 0 Å². The van der Waals surface area contributed by atoms with Crippen LogP contribution in [0.5, 0.6) is 23.0 Å². The van der Waals surface area contributed by atoms with E-state index in [2.05, 4.69) is 5.32 Å². The fourth-order valence-corrected chi connectivity index (χ4v) is 2.21. The second-order valence-corrected chi connectivity index (χ2v) is 5.11. The van der Waals surface area contributed by atoms with Gasteiger partial charge < -0.3 is 24.3 Å². The normalized spacial score (nSPS) is 10.0. The highest BCUT2D eigenvalue weighted by Crippen LogP contribution is 2.35. The van der Waals surface area contributed by atoms with E-state index >= 15 is 0 Å². The Morgan fingerprint density at radius 1 is 0.958 bits per heavy atom. The minimum atomic E-state index is -0.342. The van der Waals surface area contributed by atoms with Crippen molar-refractivity contribution in [3.63, 3.8) is 0 Å². The van der Waals surface area contributed by atoms with Gasteiger partial charge in [-0.25, -0.2) is 0 Å². The third-order valence-corrected chi connectivity index (χ3v) is 3.47. The highest BCUT2D eigenvalue weighted by Gasteiger charge is 2.13. The fourth-order valence-electron chi connectivity index (χ4n) is 1.96. The zero-order valence-corrected chi connectivity index (χ0v) is 14.3. The van der Waals surface area contributed by atoms with Crippen LogP contribution in [-0.4, -0.2) is 33.8 Å². The summed E-state index contributed by atoms with van der Waals surface area (Å²) in [4.78, 5) is 12.1. The molecular weight excluding hydrogens is 334 g/mol. The van der Waals surface area contributed by atoms with Crippen molar-refractivity contribution in [1.29, 1.82) is 0 Å². The number of carbonyl (C=O) groups is 1. The number of anilines is 1. The molecule has 2 rings (SSSR count). The molecule has 0 fully saturated rings. The summed E-state index contributed by atoms with van der Waals surface area (Å²) in [6.45, 7) is -0.154. The van der Waals surface area contributed by atoms with Crippen molar-refractivity contribution in [3.05, 3.63) is 41.4 Å². The second-order valence-electron chi connectivity index (χ2n) is 4.70. The van der Waals surface area contributed by atoms with Crippen LogP contribution < -0.4 is 24.3 Å². The van der Waals surface area contributed by atoms with Crippen LogP contribution in [0.1, 0.15) is 0 Å². The van der Waals surface area contributed by atoms with Crippen molar-refractivity contribution in [2.24, 2.45) is 0 Å². The molecule has 7 heteroatoms. The average molecular weight is 352 g/mol. The first-order chi connectivity index (χ1) is 11.6. The summed E-state index contributed by atoms with van der Waals surface area (Å²) in [7, 11) is 4.57. The van der Waals surface area contributed by atoms with Gasteiger partial charge in [0.1, 0.15) is 23.0 Å². The Morgan fingerprint density at radius 3 is 2.17 bits per heavy atom. The molecule has 0 saturated heterocycles. The molecule has 2 aromatic rings. The van der Waals surface area contributed by atoms with Gasteiger partial charge in [-0.05, 0) is 30.3 Å². The number of hydrogen-bond acceptors (Lipinski definition) is 5. The van der Waals surface area contributed by atoms with Gasteiger partial charge in [0, 0.05) is 6.07 Å². The minimum Gasteiger partial charge on any atom is -0.497 e. The quantitative estimate of drug-likeness (QED) is 0.828. The van der Waals surface area contributed by atoms with Crippen LogP contribution in [0.15, 0.2) is 36.4 Å². The molecule has 0 heterocycles. The lowest BCUT2D eigenvalue weighted by atomic mass is 10.2. The van der Waals surface area contributed by atoms with Crippen LogP contribution in [0.4, 0.5) is 5.69 Å². The third kappa shape index (κ3) is 4.45. The largest absolute Gasteiger partial charge is 0.497 e. The first-order valence-electron chi connectivity index (χ1n) is 7.05. The number of amides is 1. The highest BCUT2D eigenvalue weighted by atomic mass is 35.5. The van der Waals surface area contributed by atoms with Crippen molar-refractivity contribution in [2.45, 2.75) is 0 Å². The summed E-state index contributed by atoms with van der Waals surface area (Å²) >= 11 is 6.07. The zero-order valence-electron chi connectivity index (χ0n) is 13.6. The molecule has 0 radical (unpaired) electrons. The number of halogens is 1. The van der Waals surface area contributed by atoms with E-state index in [1.165, 1.54) is 14.2 Å². The summed E-state index contributed by atoms with van der Waals surface area (Å²) < 4.78 is 20.8. The molecule has 1 N–H and O–H groups in total. The van der Waals surface area contributed by atoms with E-state index in [4.69, 9.17) is 30.5 Å². The molecule has 2 aromatic carbocycles. The minimum absolute atomic E-state index is 0.154. The van der Waals surface area contributed by atoms with Gasteiger partial charge in [-0.1, -0.05) is 11.6 Å². The number of nitrogens with one attached hydrogen (secondary N) is 1. The van der Waals surface area contributed by atoms with Crippen LogP contribution in [0.25, 0.3) is 0 Å². The predicted octanol–water partition coefficient (Wildman–Crippen LogP) is 3.38. The molecule has 0 aliphatic heterocycles. The molecule has 0 bridgehead atoms. The van der Waals surface area contributed by atoms with Gasteiger partial charge in [-0.3, -0.25) is 4.79 Å². The Balaban J connectivity index is 2.00. The van der Waals surface area contributed by atoms with Gasteiger partial charge in [0.25, 0.3) is 5.91 Å². The smallest absolute Gasteiger partial charge is 0.262 e. The molecule has 0 spiro atoms. The third-order valence-electron chi connectivity index (χ3n) is 3.18. The van der Waals surface area contributed by atoms with Crippen molar-refractivity contribution < 1.29 is 23.7 Å². The summed E-state index contributed by atoms with van der Waals surface area (Å²) in [5.74, 6) is 1.83. The standard InChI is InChI=1S/C17H18ClNO5/c1-21-11-4-6-12(7-5-11)24-10-17(20)19-14-8-13(18)15(22-2)9-16(14)23-3/h4-9H,10H2,1-3H3,(H,19,20).